The minimum atomic E-state index is -1.31. The van der Waals surface area contributed by atoms with Gasteiger partial charge in [0, 0.05) is 24.9 Å². The maximum absolute atomic E-state index is 13.9. The summed E-state index contributed by atoms with van der Waals surface area (Å²) in [4.78, 5) is 60.9. The van der Waals surface area contributed by atoms with Gasteiger partial charge in [-0.25, -0.2) is 19.3 Å². The summed E-state index contributed by atoms with van der Waals surface area (Å²) >= 11 is 6.65. The Morgan fingerprint density at radius 2 is 1.39 bits per heavy atom. The molecule has 0 aliphatic heterocycles. The molecule has 0 amide bonds. The van der Waals surface area contributed by atoms with E-state index in [1.165, 1.54) is 0 Å². The summed E-state index contributed by atoms with van der Waals surface area (Å²) in [6, 6.07) is 46.2. The summed E-state index contributed by atoms with van der Waals surface area (Å²) < 4.78 is 19.3. The number of ether oxygens (including phenoxy) is 1. The van der Waals surface area contributed by atoms with Crippen molar-refractivity contribution in [1.29, 1.82) is 0 Å². The predicted octanol–water partition coefficient (Wildman–Crippen LogP) is 8.96. The molecule has 0 spiro atoms. The summed E-state index contributed by atoms with van der Waals surface area (Å²) in [5, 5.41) is 32.9. The van der Waals surface area contributed by atoms with Crippen LogP contribution in [0.4, 0.5) is 0 Å². The normalized spacial score (nSPS) is 11.8. The second kappa shape index (κ2) is 21.5. The van der Waals surface area contributed by atoms with Crippen LogP contribution in [0.3, 0.4) is 0 Å². The molecule has 1 unspecified atom stereocenters. The molecular weight excluding hydrogens is 912 g/mol. The largest absolute Gasteiger partial charge is 0.521 e. The second-order valence-corrected chi connectivity index (χ2v) is 16.1. The Kier molecular flexibility index (Phi) is 14.6. The highest BCUT2D eigenvalue weighted by Crippen LogP contribution is 2.43. The monoisotopic (exact) mass is 954 g/mol. The summed E-state index contributed by atoms with van der Waals surface area (Å²) in [6.45, 7) is 1.46. The Morgan fingerprint density at radius 1 is 0.783 bits per heavy atom. The van der Waals surface area contributed by atoms with Gasteiger partial charge in [0.2, 0.25) is 0 Å². The van der Waals surface area contributed by atoms with E-state index in [4.69, 9.17) is 30.4 Å². The van der Waals surface area contributed by atoms with Crippen molar-refractivity contribution in [3.8, 4) is 28.5 Å². The van der Waals surface area contributed by atoms with Gasteiger partial charge >= 0.3 is 17.7 Å². The first-order chi connectivity index (χ1) is 33.6. The number of nitrogens with zero attached hydrogens (tertiary/aromatic N) is 8. The van der Waals surface area contributed by atoms with E-state index >= 15 is 0 Å². The zero-order valence-electron chi connectivity index (χ0n) is 37.0. The molecule has 0 aliphatic carbocycles. The Hall–Kier alpha value is -8.45. The van der Waals surface area contributed by atoms with Crippen LogP contribution in [0.15, 0.2) is 153 Å². The number of aromatic nitrogens is 6. The number of hydrogen-bond acceptors (Lipinski definition) is 15. The third-order valence-electron chi connectivity index (χ3n) is 11.4. The summed E-state index contributed by atoms with van der Waals surface area (Å²) in [7, 11) is 0. The first-order valence-electron chi connectivity index (χ1n) is 21.9. The van der Waals surface area contributed by atoms with Crippen molar-refractivity contribution >= 4 is 17.6 Å². The minimum absolute atomic E-state index is 0.0276. The van der Waals surface area contributed by atoms with Crippen molar-refractivity contribution in [1.82, 2.24) is 29.8 Å². The highest BCUT2D eigenvalue weighted by Gasteiger charge is 2.42. The number of carbonyl (C=O) groups is 1. The SMILES string of the molecule is CCCCc1nc(Cl)c(C(=O)Oc2oc(=O)oc2CCCC(CO[N+](=O)[O-])O[N+](=O)[O-])n1Cc1ccc(-c2ccccc2-c2nnnn2C(c2ccccc2)(c2ccccc2)c2ccccc2)cc1. The maximum atomic E-state index is 13.9. The topological polar surface area (TPSA) is 236 Å². The molecule has 0 radical (unpaired) electrons. The van der Waals surface area contributed by atoms with Gasteiger partial charge in [-0.3, -0.25) is 0 Å². The molecule has 69 heavy (non-hydrogen) atoms. The fraction of sp³-hybridized carbons (Fsp3) is 0.224. The number of carbonyl (C=O) groups excluding carboxylic acids is 1. The van der Waals surface area contributed by atoms with Gasteiger partial charge in [0.15, 0.2) is 22.4 Å². The number of tetrazole rings is 1. The standard InChI is InChI=1S/C49H43ClN8O11/c1-2-3-26-42-51-44(50)43(46(59)67-47-41(66-48(60)68-47)25-15-22-38(69-58(63)64)32-65-57(61)62)55(42)31-33-27-29-34(30-28-33)39-23-13-14-24-40(39)45-52-53-54-56(45)49(35-16-7-4-8-17-35,36-18-9-5-10-19-36)37-20-11-6-12-21-37/h4-14,16-21,23-24,27-30,38H,2-3,15,22,25-26,31-32H2,1H3. The van der Waals surface area contributed by atoms with E-state index in [9.17, 15) is 29.8 Å². The van der Waals surface area contributed by atoms with Crippen LogP contribution in [-0.2, 0) is 34.6 Å². The molecule has 0 aliphatic rings. The number of rotatable bonds is 22. The van der Waals surface area contributed by atoms with Crippen molar-refractivity contribution < 1.29 is 38.2 Å². The molecule has 3 aromatic heterocycles. The van der Waals surface area contributed by atoms with Crippen LogP contribution in [0.1, 0.15) is 76.9 Å². The molecule has 0 bridgehead atoms. The number of halogens is 1. The Morgan fingerprint density at radius 3 is 1.99 bits per heavy atom. The molecule has 20 heteroatoms. The Balaban J connectivity index is 1.09. The zero-order chi connectivity index (χ0) is 48.3. The quantitative estimate of drug-likeness (QED) is 0.0267. The molecule has 1 atom stereocenters. The number of hydrogen-bond donors (Lipinski definition) is 0. The van der Waals surface area contributed by atoms with Crippen LogP contribution in [-0.4, -0.2) is 58.6 Å². The number of benzene rings is 5. The van der Waals surface area contributed by atoms with Gasteiger partial charge in [0.25, 0.3) is 10.2 Å². The lowest BCUT2D eigenvalue weighted by molar-refractivity contribution is -0.790. The van der Waals surface area contributed by atoms with E-state index in [1.807, 2.05) is 115 Å². The molecule has 0 N–H and O–H groups in total. The Labute approximate surface area is 398 Å². The van der Waals surface area contributed by atoms with Crippen molar-refractivity contribution in [2.24, 2.45) is 0 Å². The van der Waals surface area contributed by atoms with Crippen LogP contribution < -0.4 is 10.6 Å². The van der Waals surface area contributed by atoms with Gasteiger partial charge in [-0.1, -0.05) is 164 Å². The van der Waals surface area contributed by atoms with E-state index in [0.29, 0.717) is 18.1 Å². The van der Waals surface area contributed by atoms with Gasteiger partial charge in [-0.15, -0.1) is 25.3 Å². The number of unbranched alkanes of at least 4 members (excludes halogenated alkanes) is 1. The lowest BCUT2D eigenvalue weighted by atomic mass is 9.77. The fourth-order valence-electron chi connectivity index (χ4n) is 8.33. The molecule has 19 nitrogen and oxygen atoms in total. The van der Waals surface area contributed by atoms with Crippen molar-refractivity contribution in [3.63, 3.8) is 0 Å². The highest BCUT2D eigenvalue weighted by atomic mass is 35.5. The third-order valence-corrected chi connectivity index (χ3v) is 11.7. The van der Waals surface area contributed by atoms with E-state index in [-0.39, 0.29) is 42.4 Å². The Bertz CT molecular complexity index is 2990. The van der Waals surface area contributed by atoms with Crippen molar-refractivity contribution in [2.45, 2.75) is 63.6 Å². The van der Waals surface area contributed by atoms with E-state index in [0.717, 1.165) is 51.8 Å². The molecule has 3 heterocycles. The molecule has 5 aromatic carbocycles. The zero-order valence-corrected chi connectivity index (χ0v) is 37.7. The van der Waals surface area contributed by atoms with Crippen LogP contribution in [0.2, 0.25) is 5.15 Å². The average Bonchev–Trinajstić information content (AvgIpc) is 4.07. The smallest absolute Gasteiger partial charge is 0.392 e. The lowest BCUT2D eigenvalue weighted by Crippen LogP contribution is -2.39. The van der Waals surface area contributed by atoms with Crippen LogP contribution in [0.5, 0.6) is 5.95 Å². The fourth-order valence-corrected chi connectivity index (χ4v) is 8.60. The number of esters is 1. The molecule has 0 saturated heterocycles. The number of aryl methyl sites for hydroxylation is 2. The summed E-state index contributed by atoms with van der Waals surface area (Å²) in [5.74, 6) is -1.85. The van der Waals surface area contributed by atoms with Gasteiger partial charge in [-0.2, -0.15) is 0 Å². The van der Waals surface area contributed by atoms with Crippen LogP contribution in [0, 0.1) is 20.2 Å². The molecular formula is C49H43ClN8O11. The minimum Gasteiger partial charge on any atom is -0.392 e. The van der Waals surface area contributed by atoms with Crippen molar-refractivity contribution in [2.75, 3.05) is 6.61 Å². The van der Waals surface area contributed by atoms with Gasteiger partial charge in [0.05, 0.1) is 0 Å². The average molecular weight is 955 g/mol. The van der Waals surface area contributed by atoms with E-state index < -0.39 is 46.2 Å². The predicted molar refractivity (Wildman–Crippen MR) is 248 cm³/mol. The summed E-state index contributed by atoms with van der Waals surface area (Å²) in [6.07, 6.45) is 0.525. The molecule has 8 aromatic rings. The molecule has 8 rings (SSSR count). The first kappa shape index (κ1) is 47.1. The van der Waals surface area contributed by atoms with E-state index in [1.54, 1.807) is 4.57 Å². The molecule has 0 fully saturated rings. The van der Waals surface area contributed by atoms with Crippen LogP contribution in [0.25, 0.3) is 22.5 Å². The van der Waals surface area contributed by atoms with Gasteiger partial charge in [-0.05, 0) is 63.1 Å². The summed E-state index contributed by atoms with van der Waals surface area (Å²) in [5.41, 5.74) is 5.13. The lowest BCUT2D eigenvalue weighted by Gasteiger charge is -2.36. The maximum Gasteiger partial charge on any atom is 0.521 e. The second-order valence-electron chi connectivity index (χ2n) is 15.7. The highest BCUT2D eigenvalue weighted by molar-refractivity contribution is 6.32. The molecule has 352 valence electrons. The van der Waals surface area contributed by atoms with Crippen molar-refractivity contribution in [3.05, 3.63) is 215 Å². The first-order valence-corrected chi connectivity index (χ1v) is 22.3. The van der Waals surface area contributed by atoms with Gasteiger partial charge in [0.1, 0.15) is 24.1 Å². The molecule has 0 saturated carbocycles. The van der Waals surface area contributed by atoms with E-state index in [2.05, 4.69) is 61.4 Å². The van der Waals surface area contributed by atoms with Crippen LogP contribution >= 0.6 is 11.6 Å². The number of imidazole rings is 1. The van der Waals surface area contributed by atoms with Gasteiger partial charge < -0.3 is 27.8 Å². The third kappa shape index (κ3) is 10.4.